The van der Waals surface area contributed by atoms with E-state index in [1.807, 2.05) is 18.4 Å². The second kappa shape index (κ2) is 5.13. The largest absolute Gasteiger partial charge is 0.468 e. The lowest BCUT2D eigenvalue weighted by Crippen LogP contribution is -2.33. The minimum absolute atomic E-state index is 0.0542. The van der Waals surface area contributed by atoms with Crippen molar-refractivity contribution in [1.29, 1.82) is 0 Å². The number of hydrazine groups is 2. The summed E-state index contributed by atoms with van der Waals surface area (Å²) in [5.74, 6) is -0.0542. The average molecular weight is 296 g/mol. The van der Waals surface area contributed by atoms with Crippen LogP contribution in [0.25, 0.3) is 5.57 Å². The van der Waals surface area contributed by atoms with E-state index in [2.05, 4.69) is 20.7 Å². The molecule has 0 amide bonds. The SMILES string of the molecule is FC(F)(F)COc1ccc(C2=CC3=CNNN3C=C2)cn1. The zero-order valence-corrected chi connectivity index (χ0v) is 10.7. The molecule has 0 aliphatic carbocycles. The average Bonchev–Trinajstić information content (AvgIpc) is 2.92. The van der Waals surface area contributed by atoms with E-state index in [-0.39, 0.29) is 5.88 Å². The molecule has 0 aromatic carbocycles. The predicted molar refractivity (Wildman–Crippen MR) is 69.1 cm³/mol. The number of halogens is 3. The summed E-state index contributed by atoms with van der Waals surface area (Å²) in [6, 6.07) is 3.09. The van der Waals surface area contributed by atoms with Gasteiger partial charge < -0.3 is 10.2 Å². The Bertz CT molecular complexity index is 619. The molecule has 5 nitrogen and oxygen atoms in total. The lowest BCUT2D eigenvalue weighted by Gasteiger charge is -2.19. The number of rotatable bonds is 3. The minimum Gasteiger partial charge on any atom is -0.468 e. The molecule has 3 rings (SSSR count). The number of alkyl halides is 3. The Morgan fingerprint density at radius 1 is 1.29 bits per heavy atom. The summed E-state index contributed by atoms with van der Waals surface area (Å²) in [6.07, 6.45) is 4.51. The van der Waals surface area contributed by atoms with Crippen LogP contribution in [-0.2, 0) is 0 Å². The van der Waals surface area contributed by atoms with Crippen molar-refractivity contribution in [3.05, 3.63) is 54.1 Å². The zero-order valence-electron chi connectivity index (χ0n) is 10.7. The molecule has 110 valence electrons. The second-order valence-corrected chi connectivity index (χ2v) is 4.40. The number of hydrogen-bond acceptors (Lipinski definition) is 5. The number of ether oxygens (including phenoxy) is 1. The van der Waals surface area contributed by atoms with Gasteiger partial charge in [0.05, 0.1) is 5.70 Å². The van der Waals surface area contributed by atoms with Crippen LogP contribution in [0, 0.1) is 0 Å². The molecule has 3 heterocycles. The molecule has 2 N–H and O–H groups in total. The molecule has 0 fully saturated rings. The van der Waals surface area contributed by atoms with Gasteiger partial charge in [0.15, 0.2) is 6.61 Å². The summed E-state index contributed by atoms with van der Waals surface area (Å²) in [7, 11) is 0. The predicted octanol–water partition coefficient (Wildman–Crippen LogP) is 2.10. The molecule has 8 heteroatoms. The summed E-state index contributed by atoms with van der Waals surface area (Å²) in [5, 5.41) is 1.79. The van der Waals surface area contributed by atoms with Gasteiger partial charge >= 0.3 is 6.18 Å². The van der Waals surface area contributed by atoms with E-state index in [0.717, 1.165) is 16.8 Å². The highest BCUT2D eigenvalue weighted by Crippen LogP contribution is 2.25. The van der Waals surface area contributed by atoms with Gasteiger partial charge in [-0.15, -0.1) is 5.53 Å². The maximum Gasteiger partial charge on any atom is 0.422 e. The van der Waals surface area contributed by atoms with Crippen LogP contribution in [0.5, 0.6) is 5.88 Å². The second-order valence-electron chi connectivity index (χ2n) is 4.40. The first-order valence-electron chi connectivity index (χ1n) is 6.08. The maximum atomic E-state index is 12.0. The molecule has 0 saturated heterocycles. The number of aromatic nitrogens is 1. The molecule has 0 radical (unpaired) electrons. The molecule has 0 saturated carbocycles. The molecule has 2 aliphatic rings. The quantitative estimate of drug-likeness (QED) is 0.894. The van der Waals surface area contributed by atoms with Gasteiger partial charge in [-0.1, -0.05) is 0 Å². The number of hydrogen-bond donors (Lipinski definition) is 2. The van der Waals surface area contributed by atoms with Crippen molar-refractivity contribution in [2.45, 2.75) is 6.18 Å². The van der Waals surface area contributed by atoms with E-state index in [0.29, 0.717) is 0 Å². The Kier molecular flexibility index (Phi) is 3.30. The van der Waals surface area contributed by atoms with Gasteiger partial charge in [-0.2, -0.15) is 13.2 Å². The number of allylic oxidation sites excluding steroid dienone is 3. The van der Waals surface area contributed by atoms with Crippen LogP contribution in [0.15, 0.2) is 48.6 Å². The summed E-state index contributed by atoms with van der Waals surface area (Å²) in [4.78, 5) is 3.88. The molecule has 2 aliphatic heterocycles. The smallest absolute Gasteiger partial charge is 0.422 e. The van der Waals surface area contributed by atoms with Crippen LogP contribution in [-0.4, -0.2) is 22.8 Å². The van der Waals surface area contributed by atoms with Gasteiger partial charge in [0, 0.05) is 30.2 Å². The van der Waals surface area contributed by atoms with E-state index >= 15 is 0 Å². The number of pyridine rings is 1. The highest BCUT2D eigenvalue weighted by molar-refractivity contribution is 5.77. The van der Waals surface area contributed by atoms with Crippen molar-refractivity contribution in [3.63, 3.8) is 0 Å². The molecule has 0 unspecified atom stereocenters. The van der Waals surface area contributed by atoms with Crippen LogP contribution in [0.1, 0.15) is 5.56 Å². The van der Waals surface area contributed by atoms with Crippen LogP contribution in [0.4, 0.5) is 13.2 Å². The van der Waals surface area contributed by atoms with E-state index in [9.17, 15) is 13.2 Å². The monoisotopic (exact) mass is 296 g/mol. The van der Waals surface area contributed by atoms with Gasteiger partial charge in [-0.05, 0) is 23.8 Å². The highest BCUT2D eigenvalue weighted by Gasteiger charge is 2.28. The third-order valence-electron chi connectivity index (χ3n) is 2.84. The van der Waals surface area contributed by atoms with E-state index in [1.165, 1.54) is 12.3 Å². The third-order valence-corrected chi connectivity index (χ3v) is 2.84. The standard InChI is InChI=1S/C13H11F3N4O/c14-13(15,16)8-21-12-2-1-10(6-17-12)9-3-4-20-11(5-9)7-18-19-20/h1-7,18-19H,8H2. The Labute approximate surface area is 118 Å². The van der Waals surface area contributed by atoms with Gasteiger partial charge in [-0.3, -0.25) is 5.01 Å². The Morgan fingerprint density at radius 3 is 2.86 bits per heavy atom. The van der Waals surface area contributed by atoms with Crippen molar-refractivity contribution in [2.75, 3.05) is 6.61 Å². The van der Waals surface area contributed by atoms with Crippen LogP contribution in [0.3, 0.4) is 0 Å². The fourth-order valence-electron chi connectivity index (χ4n) is 1.88. The number of nitrogens with one attached hydrogen (secondary N) is 2. The molecule has 1 aromatic rings. The Hall–Kier alpha value is -2.48. The van der Waals surface area contributed by atoms with E-state index in [1.54, 1.807) is 17.3 Å². The van der Waals surface area contributed by atoms with Gasteiger partial charge in [0.2, 0.25) is 5.88 Å². The summed E-state index contributed by atoms with van der Waals surface area (Å²) in [5.41, 5.74) is 8.35. The van der Waals surface area contributed by atoms with Crippen LogP contribution >= 0.6 is 0 Å². The Morgan fingerprint density at radius 2 is 2.14 bits per heavy atom. The molecule has 0 bridgehead atoms. The normalized spacial score (nSPS) is 17.0. The molecular formula is C13H11F3N4O. The fraction of sp³-hybridized carbons (Fsp3) is 0.154. The topological polar surface area (TPSA) is 49.4 Å². The fourth-order valence-corrected chi connectivity index (χ4v) is 1.88. The van der Waals surface area contributed by atoms with Crippen molar-refractivity contribution in [1.82, 2.24) is 21.0 Å². The number of nitrogens with zero attached hydrogens (tertiary/aromatic N) is 2. The first kappa shape index (κ1) is 13.5. The lowest BCUT2D eigenvalue weighted by molar-refractivity contribution is -0.154. The molecule has 0 spiro atoms. The molecule has 21 heavy (non-hydrogen) atoms. The zero-order chi connectivity index (χ0) is 14.9. The highest BCUT2D eigenvalue weighted by atomic mass is 19.4. The van der Waals surface area contributed by atoms with E-state index in [4.69, 9.17) is 0 Å². The molecule has 1 aromatic heterocycles. The first-order valence-corrected chi connectivity index (χ1v) is 6.08. The van der Waals surface area contributed by atoms with Crippen molar-refractivity contribution < 1.29 is 17.9 Å². The van der Waals surface area contributed by atoms with Gasteiger partial charge in [0.25, 0.3) is 0 Å². The van der Waals surface area contributed by atoms with Gasteiger partial charge in [-0.25, -0.2) is 4.98 Å². The van der Waals surface area contributed by atoms with Crippen molar-refractivity contribution in [3.8, 4) is 5.88 Å². The number of fused-ring (bicyclic) bond motifs is 1. The maximum absolute atomic E-state index is 12.0. The Balaban J connectivity index is 1.71. The summed E-state index contributed by atoms with van der Waals surface area (Å²) >= 11 is 0. The summed E-state index contributed by atoms with van der Waals surface area (Å²) in [6.45, 7) is -1.35. The lowest BCUT2D eigenvalue weighted by atomic mass is 10.1. The third kappa shape index (κ3) is 3.16. The molecular weight excluding hydrogens is 285 g/mol. The molecule has 0 atom stereocenters. The summed E-state index contributed by atoms with van der Waals surface area (Å²) < 4.78 is 40.7. The van der Waals surface area contributed by atoms with E-state index < -0.39 is 12.8 Å². The van der Waals surface area contributed by atoms with Crippen LogP contribution in [0.2, 0.25) is 0 Å². The minimum atomic E-state index is -4.37. The first-order chi connectivity index (χ1) is 10.0. The van der Waals surface area contributed by atoms with Gasteiger partial charge in [0.1, 0.15) is 0 Å². The van der Waals surface area contributed by atoms with Crippen LogP contribution < -0.4 is 15.7 Å². The van der Waals surface area contributed by atoms with Crippen molar-refractivity contribution >= 4 is 5.57 Å². The van der Waals surface area contributed by atoms with Crippen molar-refractivity contribution in [2.24, 2.45) is 0 Å².